The van der Waals surface area contributed by atoms with E-state index in [9.17, 15) is 18.0 Å². The largest absolute Gasteiger partial charge is 0.449 e. The van der Waals surface area contributed by atoms with Crippen LogP contribution in [-0.2, 0) is 19.4 Å². The van der Waals surface area contributed by atoms with Gasteiger partial charge >= 0.3 is 5.97 Å². The number of nitrogens with one attached hydrogen (secondary N) is 1. The first-order valence-corrected chi connectivity index (χ1v) is 11.1. The number of esters is 1. The topological polar surface area (TPSA) is 89.5 Å². The zero-order chi connectivity index (χ0) is 20.0. The first-order chi connectivity index (χ1) is 12.7. The summed E-state index contributed by atoms with van der Waals surface area (Å²) < 4.78 is 28.4. The Balaban J connectivity index is 1.92. The molecule has 1 aromatic rings. The molecule has 1 atom stereocenters. The first kappa shape index (κ1) is 21.4. The van der Waals surface area contributed by atoms with Gasteiger partial charge in [-0.1, -0.05) is 23.3 Å². The van der Waals surface area contributed by atoms with E-state index in [-0.39, 0.29) is 15.5 Å². The molecule has 27 heavy (non-hydrogen) atoms. The SMILES string of the molecule is C[C@@H](OC(=O)c1cc(S(C)(=O)=O)ccc1Cl)C(=O)NCCC1=CCCCC1. The van der Waals surface area contributed by atoms with Crippen molar-refractivity contribution in [2.75, 3.05) is 12.8 Å². The van der Waals surface area contributed by atoms with E-state index in [0.29, 0.717) is 6.54 Å². The van der Waals surface area contributed by atoms with Gasteiger partial charge in [-0.15, -0.1) is 0 Å². The molecule has 8 heteroatoms. The molecule has 1 amide bonds. The van der Waals surface area contributed by atoms with Crippen LogP contribution in [0.15, 0.2) is 34.7 Å². The Morgan fingerprint density at radius 1 is 1.30 bits per heavy atom. The number of hydrogen-bond acceptors (Lipinski definition) is 5. The van der Waals surface area contributed by atoms with Gasteiger partial charge in [0.2, 0.25) is 0 Å². The van der Waals surface area contributed by atoms with Crippen molar-refractivity contribution in [1.82, 2.24) is 5.32 Å². The number of benzene rings is 1. The van der Waals surface area contributed by atoms with Gasteiger partial charge < -0.3 is 10.1 Å². The van der Waals surface area contributed by atoms with Gasteiger partial charge in [-0.05, 0) is 57.2 Å². The van der Waals surface area contributed by atoms with E-state index >= 15 is 0 Å². The van der Waals surface area contributed by atoms with Crippen LogP contribution in [0.4, 0.5) is 0 Å². The van der Waals surface area contributed by atoms with Crippen LogP contribution >= 0.6 is 11.6 Å². The minimum Gasteiger partial charge on any atom is -0.449 e. The summed E-state index contributed by atoms with van der Waals surface area (Å²) in [5, 5.41) is 2.81. The van der Waals surface area contributed by atoms with E-state index in [0.717, 1.165) is 31.6 Å². The van der Waals surface area contributed by atoms with E-state index in [1.807, 2.05) is 0 Å². The number of halogens is 1. The van der Waals surface area contributed by atoms with Crippen LogP contribution < -0.4 is 5.32 Å². The van der Waals surface area contributed by atoms with Crippen molar-refractivity contribution < 1.29 is 22.7 Å². The van der Waals surface area contributed by atoms with Crippen LogP contribution in [0.5, 0.6) is 0 Å². The molecule has 0 aromatic heterocycles. The molecule has 0 aliphatic heterocycles. The van der Waals surface area contributed by atoms with Crippen LogP contribution in [0.3, 0.4) is 0 Å². The second-order valence-electron chi connectivity index (χ2n) is 6.61. The number of hydrogen-bond donors (Lipinski definition) is 1. The monoisotopic (exact) mass is 413 g/mol. The van der Waals surface area contributed by atoms with Crippen molar-refractivity contribution in [3.05, 3.63) is 40.4 Å². The number of rotatable bonds is 7. The summed E-state index contributed by atoms with van der Waals surface area (Å²) in [7, 11) is -3.49. The summed E-state index contributed by atoms with van der Waals surface area (Å²) in [6, 6.07) is 3.78. The van der Waals surface area contributed by atoms with Gasteiger partial charge in [0.25, 0.3) is 5.91 Å². The molecule has 1 aliphatic rings. The van der Waals surface area contributed by atoms with Gasteiger partial charge in [0.15, 0.2) is 15.9 Å². The number of allylic oxidation sites excluding steroid dienone is 1. The molecule has 6 nitrogen and oxygen atoms in total. The Labute approximate surface area is 164 Å². The van der Waals surface area contributed by atoms with Gasteiger partial charge in [-0.3, -0.25) is 4.79 Å². The Bertz CT molecular complexity index is 848. The maximum Gasteiger partial charge on any atom is 0.340 e. The highest BCUT2D eigenvalue weighted by Crippen LogP contribution is 2.22. The average molecular weight is 414 g/mol. The summed E-state index contributed by atoms with van der Waals surface area (Å²) >= 11 is 5.97. The molecular weight excluding hydrogens is 390 g/mol. The summed E-state index contributed by atoms with van der Waals surface area (Å²) in [5.41, 5.74) is 1.25. The lowest BCUT2D eigenvalue weighted by atomic mass is 9.97. The molecule has 148 valence electrons. The van der Waals surface area contributed by atoms with E-state index in [4.69, 9.17) is 16.3 Å². The van der Waals surface area contributed by atoms with Gasteiger partial charge in [-0.25, -0.2) is 13.2 Å². The molecule has 1 N–H and O–H groups in total. The van der Waals surface area contributed by atoms with E-state index < -0.39 is 27.8 Å². The van der Waals surface area contributed by atoms with Gasteiger partial charge in [-0.2, -0.15) is 0 Å². The third-order valence-corrected chi connectivity index (χ3v) is 5.81. The number of carbonyl (C=O) groups is 2. The predicted octanol–water partition coefficient (Wildman–Crippen LogP) is 3.30. The number of sulfone groups is 1. The summed E-state index contributed by atoms with van der Waals surface area (Å²) in [5.74, 6) is -1.25. The number of amides is 1. The van der Waals surface area contributed by atoms with Crippen molar-refractivity contribution in [3.8, 4) is 0 Å². The molecule has 0 spiro atoms. The minimum absolute atomic E-state index is 0.0447. The molecule has 0 heterocycles. The Hall–Kier alpha value is -1.86. The fourth-order valence-corrected chi connectivity index (χ4v) is 3.63. The van der Waals surface area contributed by atoms with Crippen LogP contribution in [0.1, 0.15) is 49.4 Å². The van der Waals surface area contributed by atoms with E-state index in [1.165, 1.54) is 37.5 Å². The normalized spacial score (nSPS) is 15.6. The molecule has 1 aliphatic carbocycles. The molecule has 0 fully saturated rings. The highest BCUT2D eigenvalue weighted by atomic mass is 35.5. The number of ether oxygens (including phenoxy) is 1. The zero-order valence-corrected chi connectivity index (χ0v) is 17.0. The smallest absolute Gasteiger partial charge is 0.340 e. The van der Waals surface area contributed by atoms with Crippen molar-refractivity contribution >= 4 is 33.3 Å². The van der Waals surface area contributed by atoms with Crippen LogP contribution in [-0.4, -0.2) is 39.2 Å². The standard InChI is InChI=1S/C19H24ClNO5S/c1-13(18(22)21-11-10-14-6-4-3-5-7-14)26-19(23)16-12-15(27(2,24)25)8-9-17(16)20/h6,8-9,12-13H,3-5,7,10-11H2,1-2H3,(H,21,22)/t13-/m1/s1. The highest BCUT2D eigenvalue weighted by Gasteiger charge is 2.22. The molecular formula is C19H24ClNO5S. The molecule has 1 aromatic carbocycles. The van der Waals surface area contributed by atoms with Crippen LogP contribution in [0.25, 0.3) is 0 Å². The van der Waals surface area contributed by atoms with E-state index in [2.05, 4.69) is 11.4 Å². The van der Waals surface area contributed by atoms with Crippen molar-refractivity contribution in [2.45, 2.75) is 50.0 Å². The van der Waals surface area contributed by atoms with Crippen molar-refractivity contribution in [2.24, 2.45) is 0 Å². The summed E-state index contributed by atoms with van der Waals surface area (Å²) in [4.78, 5) is 24.4. The zero-order valence-electron chi connectivity index (χ0n) is 15.5. The van der Waals surface area contributed by atoms with Gasteiger partial charge in [0.05, 0.1) is 15.5 Å². The highest BCUT2D eigenvalue weighted by molar-refractivity contribution is 7.90. The fraction of sp³-hybridized carbons (Fsp3) is 0.474. The third-order valence-electron chi connectivity index (χ3n) is 4.37. The molecule has 0 saturated carbocycles. The molecule has 0 unspecified atom stereocenters. The number of carbonyl (C=O) groups excluding carboxylic acids is 2. The maximum absolute atomic E-state index is 12.3. The Kier molecular flexibility index (Phi) is 7.44. The maximum atomic E-state index is 12.3. The third kappa shape index (κ3) is 6.36. The average Bonchev–Trinajstić information content (AvgIpc) is 2.61. The van der Waals surface area contributed by atoms with Crippen LogP contribution in [0.2, 0.25) is 5.02 Å². The molecule has 0 saturated heterocycles. The predicted molar refractivity (Wildman–Crippen MR) is 104 cm³/mol. The summed E-state index contributed by atoms with van der Waals surface area (Å²) in [6.45, 7) is 1.94. The first-order valence-electron chi connectivity index (χ1n) is 8.84. The Morgan fingerprint density at radius 3 is 2.67 bits per heavy atom. The summed E-state index contributed by atoms with van der Waals surface area (Å²) in [6.07, 6.45) is 7.57. The molecule has 0 bridgehead atoms. The van der Waals surface area contributed by atoms with Crippen LogP contribution in [0, 0.1) is 0 Å². The second kappa shape index (κ2) is 9.37. The quantitative estimate of drug-likeness (QED) is 0.547. The lowest BCUT2D eigenvalue weighted by Crippen LogP contribution is -2.36. The molecule has 2 rings (SSSR count). The molecule has 0 radical (unpaired) electrons. The fourth-order valence-electron chi connectivity index (χ4n) is 2.79. The lowest BCUT2D eigenvalue weighted by Gasteiger charge is -2.16. The van der Waals surface area contributed by atoms with E-state index in [1.54, 1.807) is 0 Å². The Morgan fingerprint density at radius 2 is 2.04 bits per heavy atom. The lowest BCUT2D eigenvalue weighted by molar-refractivity contribution is -0.129. The van der Waals surface area contributed by atoms with Gasteiger partial charge in [0.1, 0.15) is 0 Å². The van der Waals surface area contributed by atoms with Gasteiger partial charge in [0, 0.05) is 12.8 Å². The second-order valence-corrected chi connectivity index (χ2v) is 9.03. The minimum atomic E-state index is -3.49. The van der Waals surface area contributed by atoms with Crippen molar-refractivity contribution in [1.29, 1.82) is 0 Å². The van der Waals surface area contributed by atoms with Crippen molar-refractivity contribution in [3.63, 3.8) is 0 Å².